The molecule has 10 nitrogen and oxygen atoms in total. The Morgan fingerprint density at radius 2 is 2.08 bits per heavy atom. The van der Waals surface area contributed by atoms with E-state index in [1.165, 1.54) is 10.5 Å². The van der Waals surface area contributed by atoms with Gasteiger partial charge in [-0.2, -0.15) is 0 Å². The number of aromatic nitrogens is 3. The lowest BCUT2D eigenvalue weighted by atomic mass is 10.1. The number of pyridine rings is 1. The van der Waals surface area contributed by atoms with Gasteiger partial charge in [0.2, 0.25) is 0 Å². The summed E-state index contributed by atoms with van der Waals surface area (Å²) in [4.78, 5) is 46.9. The summed E-state index contributed by atoms with van der Waals surface area (Å²) in [5, 5.41) is 12.1. The van der Waals surface area contributed by atoms with Gasteiger partial charge >= 0.3 is 12.1 Å². The van der Waals surface area contributed by atoms with Gasteiger partial charge in [-0.3, -0.25) is 9.20 Å². The van der Waals surface area contributed by atoms with Crippen LogP contribution in [0.5, 0.6) is 0 Å². The number of anilines is 1. The molecule has 4 heterocycles. The van der Waals surface area contributed by atoms with Crippen LogP contribution >= 0.6 is 11.3 Å². The number of nitrogens with two attached hydrogens (primary N) is 1. The first-order chi connectivity index (χ1) is 17.2. The summed E-state index contributed by atoms with van der Waals surface area (Å²) in [7, 11) is 0. The van der Waals surface area contributed by atoms with Gasteiger partial charge in [0.25, 0.3) is 5.56 Å². The Morgan fingerprint density at radius 1 is 1.28 bits per heavy atom. The Balaban J connectivity index is 1.73. The Labute approximate surface area is 211 Å². The minimum atomic E-state index is -1.18. The van der Waals surface area contributed by atoms with Crippen molar-refractivity contribution < 1.29 is 19.4 Å². The van der Waals surface area contributed by atoms with Crippen LogP contribution in [0.4, 0.5) is 10.6 Å². The van der Waals surface area contributed by atoms with E-state index < -0.39 is 23.7 Å². The summed E-state index contributed by atoms with van der Waals surface area (Å²) in [5.74, 6) is -0.495. The lowest BCUT2D eigenvalue weighted by molar-refractivity contribution is -0.131. The Morgan fingerprint density at radius 3 is 2.78 bits per heavy atom. The predicted octanol–water partition coefficient (Wildman–Crippen LogP) is 3.61. The van der Waals surface area contributed by atoms with Crippen molar-refractivity contribution in [2.24, 2.45) is 5.73 Å². The highest BCUT2D eigenvalue weighted by Gasteiger charge is 2.26. The zero-order valence-corrected chi connectivity index (χ0v) is 20.8. The number of carbonyl (C=O) groups excluding carboxylic acids is 1. The van der Waals surface area contributed by atoms with E-state index in [1.54, 1.807) is 29.7 Å². The highest BCUT2D eigenvalue weighted by Crippen LogP contribution is 2.24. The van der Waals surface area contributed by atoms with Crippen molar-refractivity contribution in [1.29, 1.82) is 0 Å². The van der Waals surface area contributed by atoms with Gasteiger partial charge in [0.05, 0.1) is 17.8 Å². The van der Waals surface area contributed by atoms with Crippen LogP contribution in [0.2, 0.25) is 0 Å². The molecule has 1 atom stereocenters. The normalized spacial score (nSPS) is 16.4. The van der Waals surface area contributed by atoms with E-state index in [-0.39, 0.29) is 5.56 Å². The molecule has 1 saturated heterocycles. The number of carboxylic acid groups (broad SMARTS) is 1. The molecule has 1 fully saturated rings. The van der Waals surface area contributed by atoms with Crippen molar-refractivity contribution in [3.63, 3.8) is 0 Å². The highest BCUT2D eigenvalue weighted by molar-refractivity contribution is 7.10. The Kier molecular flexibility index (Phi) is 7.49. The van der Waals surface area contributed by atoms with Crippen molar-refractivity contribution >= 4 is 53.1 Å². The highest BCUT2D eigenvalue weighted by atomic mass is 32.1. The number of aliphatic carboxylic acids is 1. The number of piperidine rings is 1. The lowest BCUT2D eigenvalue weighted by Gasteiger charge is -2.33. The average molecular weight is 510 g/mol. The lowest BCUT2D eigenvalue weighted by Crippen LogP contribution is -2.43. The Hall–Kier alpha value is -3.99. The SMILES string of the molecule is CC(C)c1csc(C=Cc2ccn3c(=O)c(C=CC(=O)O)c(N4CCC[C@@H](OC(N)=O)C4)nc3c2)n1. The molecule has 0 radical (unpaired) electrons. The number of fused-ring (bicyclic) bond motifs is 1. The van der Waals surface area contributed by atoms with E-state index in [0.717, 1.165) is 22.3 Å². The van der Waals surface area contributed by atoms with Gasteiger partial charge in [0, 0.05) is 24.2 Å². The number of thiazole rings is 1. The summed E-state index contributed by atoms with van der Waals surface area (Å²) in [6.45, 7) is 5.05. The fraction of sp³-hybridized carbons (Fsp3) is 0.320. The molecule has 0 unspecified atom stereocenters. The van der Waals surface area contributed by atoms with Gasteiger partial charge in [-0.15, -0.1) is 11.3 Å². The first-order valence-corrected chi connectivity index (χ1v) is 12.4. The molecular formula is C25H27N5O5S. The number of nitrogens with zero attached hydrogens (tertiary/aromatic N) is 4. The summed E-state index contributed by atoms with van der Waals surface area (Å²) < 4.78 is 6.55. The summed E-state index contributed by atoms with van der Waals surface area (Å²) in [6, 6.07) is 3.57. The van der Waals surface area contributed by atoms with Crippen LogP contribution < -0.4 is 16.2 Å². The van der Waals surface area contributed by atoms with Gasteiger partial charge in [-0.05, 0) is 48.6 Å². The number of hydrogen-bond acceptors (Lipinski definition) is 8. The number of carbonyl (C=O) groups is 2. The summed E-state index contributed by atoms with van der Waals surface area (Å²) in [5.41, 5.74) is 7.20. The Bertz CT molecular complexity index is 1410. The van der Waals surface area contributed by atoms with Gasteiger partial charge in [-0.1, -0.05) is 19.9 Å². The fourth-order valence-electron chi connectivity index (χ4n) is 4.00. The molecule has 0 bridgehead atoms. The number of hydrogen-bond donors (Lipinski definition) is 2. The number of primary amides is 1. The molecule has 3 aromatic rings. The topological polar surface area (TPSA) is 140 Å². The summed E-state index contributed by atoms with van der Waals surface area (Å²) >= 11 is 1.56. The second-order valence-corrected chi connectivity index (χ2v) is 9.65. The zero-order valence-electron chi connectivity index (χ0n) is 20.0. The van der Waals surface area contributed by atoms with Crippen molar-refractivity contribution in [2.45, 2.75) is 38.7 Å². The van der Waals surface area contributed by atoms with E-state index >= 15 is 0 Å². The second kappa shape index (κ2) is 10.7. The van der Waals surface area contributed by atoms with Crippen molar-refractivity contribution in [3.05, 3.63) is 62.0 Å². The fourth-order valence-corrected chi connectivity index (χ4v) is 4.87. The number of carboxylic acids is 1. The number of ether oxygens (including phenoxy) is 1. The van der Waals surface area contributed by atoms with Crippen molar-refractivity contribution in [3.8, 4) is 0 Å². The molecular weight excluding hydrogens is 482 g/mol. The molecule has 0 aliphatic carbocycles. The maximum absolute atomic E-state index is 13.3. The molecule has 1 amide bonds. The number of rotatable bonds is 7. The largest absolute Gasteiger partial charge is 0.478 e. The van der Waals surface area contributed by atoms with Crippen LogP contribution in [-0.2, 0) is 9.53 Å². The molecule has 36 heavy (non-hydrogen) atoms. The van der Waals surface area contributed by atoms with E-state index in [0.29, 0.717) is 43.3 Å². The predicted molar refractivity (Wildman–Crippen MR) is 139 cm³/mol. The minimum Gasteiger partial charge on any atom is -0.478 e. The van der Waals surface area contributed by atoms with Crippen LogP contribution in [-0.4, -0.2) is 50.7 Å². The third-order valence-electron chi connectivity index (χ3n) is 5.77. The van der Waals surface area contributed by atoms with E-state index in [4.69, 9.17) is 20.6 Å². The van der Waals surface area contributed by atoms with Gasteiger partial charge in [0.15, 0.2) is 0 Å². The van der Waals surface area contributed by atoms with Gasteiger partial charge in [0.1, 0.15) is 22.6 Å². The molecule has 0 spiro atoms. The molecule has 3 N–H and O–H groups in total. The van der Waals surface area contributed by atoms with E-state index in [2.05, 4.69) is 18.8 Å². The van der Waals surface area contributed by atoms with Crippen LogP contribution in [0.1, 0.15) is 54.4 Å². The van der Waals surface area contributed by atoms with Crippen LogP contribution in [0.3, 0.4) is 0 Å². The first kappa shape index (κ1) is 25.1. The molecule has 3 aromatic heterocycles. The maximum Gasteiger partial charge on any atom is 0.404 e. The zero-order chi connectivity index (χ0) is 25.8. The molecule has 0 saturated carbocycles. The summed E-state index contributed by atoms with van der Waals surface area (Å²) in [6.07, 6.45) is 7.61. The smallest absolute Gasteiger partial charge is 0.404 e. The van der Waals surface area contributed by atoms with Crippen LogP contribution in [0, 0.1) is 0 Å². The molecule has 1 aliphatic rings. The molecule has 1 aliphatic heterocycles. The van der Waals surface area contributed by atoms with Gasteiger partial charge in [-0.25, -0.2) is 19.6 Å². The molecule has 11 heteroatoms. The van der Waals surface area contributed by atoms with Crippen LogP contribution in [0.25, 0.3) is 23.9 Å². The minimum absolute atomic E-state index is 0.141. The average Bonchev–Trinajstić information content (AvgIpc) is 3.31. The second-order valence-electron chi connectivity index (χ2n) is 8.76. The number of amides is 1. The van der Waals surface area contributed by atoms with Crippen molar-refractivity contribution in [2.75, 3.05) is 18.0 Å². The van der Waals surface area contributed by atoms with Crippen molar-refractivity contribution in [1.82, 2.24) is 14.4 Å². The first-order valence-electron chi connectivity index (χ1n) is 11.5. The quantitative estimate of drug-likeness (QED) is 0.460. The molecule has 4 rings (SSSR count). The third-order valence-corrected chi connectivity index (χ3v) is 6.60. The molecule has 0 aromatic carbocycles. The van der Waals surface area contributed by atoms with Gasteiger partial charge < -0.3 is 20.5 Å². The molecule has 188 valence electrons. The monoisotopic (exact) mass is 509 g/mol. The van der Waals surface area contributed by atoms with E-state index in [1.807, 2.05) is 22.4 Å². The standard InChI is InChI=1S/C25H27N5O5S/c1-15(2)19-14-36-21(27-19)7-5-16-9-11-30-20(12-16)28-23(18(24(30)33)6-8-22(31)32)29-10-3-4-17(13-29)35-25(26)34/h5-9,11-12,14-15,17H,3-4,10,13H2,1-2H3,(H2,26,34)(H,31,32)/t17-/m1/s1. The third kappa shape index (κ3) is 5.80. The maximum atomic E-state index is 13.3. The van der Waals surface area contributed by atoms with E-state index in [9.17, 15) is 14.4 Å². The van der Waals surface area contributed by atoms with Crippen LogP contribution in [0.15, 0.2) is 34.6 Å².